The van der Waals surface area contributed by atoms with Gasteiger partial charge in [-0.2, -0.15) is 0 Å². The molecule has 2 aromatic heterocycles. The van der Waals surface area contributed by atoms with Gasteiger partial charge in [-0.3, -0.25) is 0 Å². The monoisotopic (exact) mass is 251 g/mol. The number of nitrogens with zero attached hydrogens (tertiary/aromatic N) is 4. The Kier molecular flexibility index (Phi) is 3.93. The highest BCUT2D eigenvalue weighted by atomic mass is 35.5. The molecule has 0 unspecified atom stereocenters. The normalized spacial score (nSPS) is 10.5. The molecule has 0 bridgehead atoms. The van der Waals surface area contributed by atoms with Crippen molar-refractivity contribution in [2.75, 3.05) is 11.9 Å². The number of nitrogens with one attached hydrogen (secondary N) is 1. The van der Waals surface area contributed by atoms with Gasteiger partial charge in [0.1, 0.15) is 5.82 Å². The van der Waals surface area contributed by atoms with Gasteiger partial charge in [-0.25, -0.2) is 15.0 Å². The molecule has 0 amide bonds. The van der Waals surface area contributed by atoms with E-state index < -0.39 is 0 Å². The van der Waals surface area contributed by atoms with E-state index >= 15 is 0 Å². The van der Waals surface area contributed by atoms with Crippen molar-refractivity contribution in [2.45, 2.75) is 19.9 Å². The summed E-state index contributed by atoms with van der Waals surface area (Å²) >= 11 is 5.77. The molecule has 0 fully saturated rings. The molecule has 0 spiro atoms. The zero-order chi connectivity index (χ0) is 12.1. The standard InChI is InChI=1S/C11H14ClN5/c1-9-7-10(16-11(12)15-9)14-3-2-5-17-6-4-13-8-17/h4,6-8H,2-3,5H2,1H3,(H,14,15,16). The zero-order valence-electron chi connectivity index (χ0n) is 9.60. The molecule has 2 aromatic rings. The van der Waals surface area contributed by atoms with Gasteiger partial charge in [-0.15, -0.1) is 0 Å². The minimum absolute atomic E-state index is 0.280. The van der Waals surface area contributed by atoms with E-state index in [0.717, 1.165) is 31.0 Å². The van der Waals surface area contributed by atoms with E-state index in [1.807, 2.05) is 30.1 Å². The number of imidazole rings is 1. The molecule has 17 heavy (non-hydrogen) atoms. The first-order valence-electron chi connectivity index (χ1n) is 5.45. The summed E-state index contributed by atoms with van der Waals surface area (Å²) in [5.41, 5.74) is 0.863. The van der Waals surface area contributed by atoms with Gasteiger partial charge in [0.15, 0.2) is 0 Å². The third-order valence-corrected chi connectivity index (χ3v) is 2.45. The highest BCUT2D eigenvalue weighted by Crippen LogP contribution is 2.09. The summed E-state index contributed by atoms with van der Waals surface area (Å²) in [5.74, 6) is 0.771. The van der Waals surface area contributed by atoms with E-state index in [9.17, 15) is 0 Å². The molecule has 2 heterocycles. The van der Waals surface area contributed by atoms with E-state index in [0.29, 0.717) is 0 Å². The molecule has 0 aliphatic heterocycles. The van der Waals surface area contributed by atoms with Crippen molar-refractivity contribution in [3.05, 3.63) is 35.8 Å². The number of hydrogen-bond donors (Lipinski definition) is 1. The van der Waals surface area contributed by atoms with Crippen LogP contribution in [0, 0.1) is 6.92 Å². The predicted molar refractivity (Wildman–Crippen MR) is 67.1 cm³/mol. The largest absolute Gasteiger partial charge is 0.370 e. The highest BCUT2D eigenvalue weighted by Gasteiger charge is 1.99. The zero-order valence-corrected chi connectivity index (χ0v) is 10.4. The van der Waals surface area contributed by atoms with Crippen LogP contribution in [-0.4, -0.2) is 26.1 Å². The van der Waals surface area contributed by atoms with Crippen molar-refractivity contribution >= 4 is 17.4 Å². The molecule has 6 heteroatoms. The van der Waals surface area contributed by atoms with Gasteiger partial charge in [0.2, 0.25) is 5.28 Å². The van der Waals surface area contributed by atoms with E-state index in [-0.39, 0.29) is 5.28 Å². The Morgan fingerprint density at radius 2 is 2.29 bits per heavy atom. The molecule has 0 radical (unpaired) electrons. The second kappa shape index (κ2) is 5.63. The summed E-state index contributed by atoms with van der Waals surface area (Å²) in [5, 5.41) is 3.50. The topological polar surface area (TPSA) is 55.6 Å². The first-order chi connectivity index (χ1) is 8.24. The van der Waals surface area contributed by atoms with Crippen LogP contribution >= 0.6 is 11.6 Å². The third-order valence-electron chi connectivity index (χ3n) is 2.29. The van der Waals surface area contributed by atoms with Crippen molar-refractivity contribution in [1.29, 1.82) is 0 Å². The van der Waals surface area contributed by atoms with Gasteiger partial charge >= 0.3 is 0 Å². The molecule has 0 aliphatic carbocycles. The average molecular weight is 252 g/mol. The fourth-order valence-corrected chi connectivity index (χ4v) is 1.74. The number of hydrogen-bond acceptors (Lipinski definition) is 4. The van der Waals surface area contributed by atoms with E-state index in [1.54, 1.807) is 6.20 Å². The fourth-order valence-electron chi connectivity index (χ4n) is 1.52. The Balaban J connectivity index is 1.78. The van der Waals surface area contributed by atoms with Crippen LogP contribution in [0.25, 0.3) is 0 Å². The highest BCUT2D eigenvalue weighted by molar-refractivity contribution is 6.28. The van der Waals surface area contributed by atoms with Crippen LogP contribution < -0.4 is 5.32 Å². The molecule has 90 valence electrons. The van der Waals surface area contributed by atoms with Crippen LogP contribution in [-0.2, 0) is 6.54 Å². The summed E-state index contributed by atoms with van der Waals surface area (Å²) in [7, 11) is 0. The smallest absolute Gasteiger partial charge is 0.224 e. The van der Waals surface area contributed by atoms with Gasteiger partial charge in [0.05, 0.1) is 6.33 Å². The Morgan fingerprint density at radius 3 is 3.00 bits per heavy atom. The van der Waals surface area contributed by atoms with Crippen LogP contribution in [0.15, 0.2) is 24.8 Å². The summed E-state index contributed by atoms with van der Waals surface area (Å²) < 4.78 is 2.04. The molecular weight excluding hydrogens is 238 g/mol. The Labute approximate surface area is 105 Å². The number of anilines is 1. The molecule has 0 saturated heterocycles. The van der Waals surface area contributed by atoms with Crippen molar-refractivity contribution in [3.63, 3.8) is 0 Å². The Bertz CT molecular complexity index is 448. The van der Waals surface area contributed by atoms with Crippen LogP contribution in [0.2, 0.25) is 5.28 Å². The first kappa shape index (κ1) is 11.9. The van der Waals surface area contributed by atoms with Crippen LogP contribution in [0.4, 0.5) is 5.82 Å². The first-order valence-corrected chi connectivity index (χ1v) is 5.82. The molecule has 0 saturated carbocycles. The van der Waals surface area contributed by atoms with E-state index in [1.165, 1.54) is 0 Å². The van der Waals surface area contributed by atoms with Gasteiger partial charge in [0, 0.05) is 37.2 Å². The molecule has 5 nitrogen and oxygen atoms in total. The maximum Gasteiger partial charge on any atom is 0.224 e. The molecular formula is C11H14ClN5. The Hall–Kier alpha value is -1.62. The van der Waals surface area contributed by atoms with Gasteiger partial charge in [0.25, 0.3) is 0 Å². The van der Waals surface area contributed by atoms with E-state index in [4.69, 9.17) is 11.6 Å². The molecule has 0 aliphatic rings. The van der Waals surface area contributed by atoms with Gasteiger partial charge in [-0.05, 0) is 24.9 Å². The van der Waals surface area contributed by atoms with Crippen molar-refractivity contribution < 1.29 is 0 Å². The lowest BCUT2D eigenvalue weighted by atomic mass is 10.4. The van der Waals surface area contributed by atoms with Crippen LogP contribution in [0.5, 0.6) is 0 Å². The number of rotatable bonds is 5. The Morgan fingerprint density at radius 1 is 1.41 bits per heavy atom. The number of aromatic nitrogens is 4. The second-order valence-corrected chi connectivity index (χ2v) is 4.08. The lowest BCUT2D eigenvalue weighted by molar-refractivity contribution is 0.660. The average Bonchev–Trinajstić information content (AvgIpc) is 2.76. The summed E-state index contributed by atoms with van der Waals surface area (Å²) in [6.07, 6.45) is 6.54. The fraction of sp³-hybridized carbons (Fsp3) is 0.364. The molecule has 0 atom stereocenters. The maximum atomic E-state index is 5.77. The number of halogens is 1. The lowest BCUT2D eigenvalue weighted by Crippen LogP contribution is -2.07. The van der Waals surface area contributed by atoms with Gasteiger partial charge in [-0.1, -0.05) is 0 Å². The van der Waals surface area contributed by atoms with Crippen LogP contribution in [0.1, 0.15) is 12.1 Å². The molecule has 1 N–H and O–H groups in total. The molecule has 0 aromatic carbocycles. The van der Waals surface area contributed by atoms with Crippen molar-refractivity contribution in [3.8, 4) is 0 Å². The van der Waals surface area contributed by atoms with E-state index in [2.05, 4.69) is 20.3 Å². The maximum absolute atomic E-state index is 5.77. The quantitative estimate of drug-likeness (QED) is 0.653. The SMILES string of the molecule is Cc1cc(NCCCn2ccnc2)nc(Cl)n1. The van der Waals surface area contributed by atoms with Crippen molar-refractivity contribution in [2.24, 2.45) is 0 Å². The number of aryl methyl sites for hydroxylation is 2. The van der Waals surface area contributed by atoms with Crippen LogP contribution in [0.3, 0.4) is 0 Å². The minimum Gasteiger partial charge on any atom is -0.370 e. The summed E-state index contributed by atoms with van der Waals surface area (Å²) in [6, 6.07) is 1.88. The molecule has 2 rings (SSSR count). The summed E-state index contributed by atoms with van der Waals surface area (Å²) in [6.45, 7) is 3.67. The lowest BCUT2D eigenvalue weighted by Gasteiger charge is -2.06. The summed E-state index contributed by atoms with van der Waals surface area (Å²) in [4.78, 5) is 12.1. The van der Waals surface area contributed by atoms with Crippen molar-refractivity contribution in [1.82, 2.24) is 19.5 Å². The minimum atomic E-state index is 0.280. The second-order valence-electron chi connectivity index (χ2n) is 3.74. The predicted octanol–water partition coefficient (Wildman–Crippen LogP) is 2.14. The third kappa shape index (κ3) is 3.71. The van der Waals surface area contributed by atoms with Gasteiger partial charge < -0.3 is 9.88 Å².